The summed E-state index contributed by atoms with van der Waals surface area (Å²) in [6, 6.07) is 3.44. The third-order valence-corrected chi connectivity index (χ3v) is 3.50. The van der Waals surface area contributed by atoms with Gasteiger partial charge >= 0.3 is 5.97 Å². The lowest BCUT2D eigenvalue weighted by Crippen LogP contribution is -2.12. The highest BCUT2D eigenvalue weighted by Gasteiger charge is 2.12. The maximum Gasteiger partial charge on any atom is 0.328 e. The fourth-order valence-corrected chi connectivity index (χ4v) is 2.38. The smallest absolute Gasteiger partial charge is 0.328 e. The Bertz CT molecular complexity index is 730. The van der Waals surface area contributed by atoms with Gasteiger partial charge in [-0.25, -0.2) is 14.2 Å². The van der Waals surface area contributed by atoms with E-state index in [-0.39, 0.29) is 15.7 Å². The number of amides is 1. The van der Waals surface area contributed by atoms with E-state index in [1.54, 1.807) is 0 Å². The van der Waals surface area contributed by atoms with Crippen LogP contribution in [0.1, 0.15) is 15.2 Å². The molecule has 0 fully saturated rings. The Balaban J connectivity index is 2.11. The molecule has 0 atom stereocenters. The van der Waals surface area contributed by atoms with Gasteiger partial charge in [-0.2, -0.15) is 0 Å². The molecule has 0 aliphatic carbocycles. The number of carboxylic acids is 1. The molecule has 0 bridgehead atoms. The lowest BCUT2D eigenvalue weighted by atomic mass is 10.2. The summed E-state index contributed by atoms with van der Waals surface area (Å²) in [6.07, 6.45) is 3.75. The van der Waals surface area contributed by atoms with E-state index in [1.807, 2.05) is 0 Å². The highest BCUT2D eigenvalue weighted by atomic mass is 35.5. The maximum absolute atomic E-state index is 12.9. The molecule has 1 aromatic heterocycles. The minimum absolute atomic E-state index is 0.00458. The third-order valence-electron chi connectivity index (χ3n) is 2.31. The van der Waals surface area contributed by atoms with Crippen molar-refractivity contribution in [2.75, 3.05) is 5.32 Å². The number of thiazole rings is 1. The van der Waals surface area contributed by atoms with Crippen molar-refractivity contribution in [2.45, 2.75) is 0 Å². The first-order valence-corrected chi connectivity index (χ1v) is 6.78. The highest BCUT2D eigenvalue weighted by Crippen LogP contribution is 2.22. The van der Waals surface area contributed by atoms with Crippen molar-refractivity contribution in [3.8, 4) is 0 Å². The molecule has 8 heteroatoms. The normalized spacial score (nSPS) is 10.8. The van der Waals surface area contributed by atoms with E-state index in [0.29, 0.717) is 4.88 Å². The van der Waals surface area contributed by atoms with Crippen molar-refractivity contribution in [2.24, 2.45) is 0 Å². The average Bonchev–Trinajstić information content (AvgIpc) is 2.83. The third kappa shape index (κ3) is 4.11. The van der Waals surface area contributed by atoms with Crippen LogP contribution in [-0.4, -0.2) is 22.0 Å². The summed E-state index contributed by atoms with van der Waals surface area (Å²) in [5, 5.41) is 11.3. The van der Waals surface area contributed by atoms with Crippen molar-refractivity contribution < 1.29 is 19.1 Å². The number of hydrogen-bond acceptors (Lipinski definition) is 4. The zero-order valence-electron chi connectivity index (χ0n) is 10.3. The summed E-state index contributed by atoms with van der Waals surface area (Å²) in [5.41, 5.74) is 0.121. The molecule has 1 aromatic carbocycles. The van der Waals surface area contributed by atoms with E-state index in [9.17, 15) is 14.0 Å². The number of aromatic nitrogens is 1. The van der Waals surface area contributed by atoms with Crippen molar-refractivity contribution in [3.63, 3.8) is 0 Å². The predicted octanol–water partition coefficient (Wildman–Crippen LogP) is 3.29. The number of carbonyl (C=O) groups excluding carboxylic acids is 1. The van der Waals surface area contributed by atoms with Crippen LogP contribution >= 0.6 is 22.9 Å². The van der Waals surface area contributed by atoms with Gasteiger partial charge < -0.3 is 5.11 Å². The average molecular weight is 327 g/mol. The highest BCUT2D eigenvalue weighted by molar-refractivity contribution is 7.16. The van der Waals surface area contributed by atoms with Crippen LogP contribution in [0.5, 0.6) is 0 Å². The number of hydrogen-bond donors (Lipinski definition) is 2. The molecular formula is C13H8ClFN2O3S. The first-order valence-electron chi connectivity index (χ1n) is 5.59. The summed E-state index contributed by atoms with van der Waals surface area (Å²) in [5.74, 6) is -2.14. The molecule has 2 aromatic rings. The summed E-state index contributed by atoms with van der Waals surface area (Å²) in [6.45, 7) is 0. The molecule has 0 spiro atoms. The Morgan fingerprint density at radius 1 is 1.43 bits per heavy atom. The van der Waals surface area contributed by atoms with Gasteiger partial charge in [0.2, 0.25) is 0 Å². The van der Waals surface area contributed by atoms with Gasteiger partial charge in [-0.15, -0.1) is 0 Å². The first-order chi connectivity index (χ1) is 9.95. The van der Waals surface area contributed by atoms with E-state index in [2.05, 4.69) is 10.3 Å². The number of carboxylic acid groups (broad SMARTS) is 1. The van der Waals surface area contributed by atoms with Gasteiger partial charge in [0, 0.05) is 17.2 Å². The summed E-state index contributed by atoms with van der Waals surface area (Å²) in [7, 11) is 0. The maximum atomic E-state index is 12.9. The Morgan fingerprint density at radius 2 is 2.19 bits per heavy atom. The van der Waals surface area contributed by atoms with E-state index in [0.717, 1.165) is 29.5 Å². The standard InChI is InChI=1S/C13H8ClFN2O3S/c14-10-5-7(15)1-3-9(10)12(20)17-13-16-6-8(21-13)2-4-11(18)19/h1-6H,(H,18,19)(H,16,17,20). The quantitative estimate of drug-likeness (QED) is 0.845. The van der Waals surface area contributed by atoms with Crippen LogP contribution in [0.25, 0.3) is 6.08 Å². The molecule has 21 heavy (non-hydrogen) atoms. The van der Waals surface area contributed by atoms with E-state index >= 15 is 0 Å². The van der Waals surface area contributed by atoms with Gasteiger partial charge in [0.15, 0.2) is 5.13 Å². The summed E-state index contributed by atoms with van der Waals surface area (Å²) in [4.78, 5) is 26.8. The van der Waals surface area contributed by atoms with Crippen LogP contribution in [0.3, 0.4) is 0 Å². The summed E-state index contributed by atoms with van der Waals surface area (Å²) < 4.78 is 12.9. The zero-order valence-corrected chi connectivity index (χ0v) is 11.9. The number of nitrogens with one attached hydrogen (secondary N) is 1. The Hall–Kier alpha value is -2.25. The van der Waals surface area contributed by atoms with Crippen molar-refractivity contribution in [1.29, 1.82) is 0 Å². The van der Waals surface area contributed by atoms with Crippen LogP contribution in [0, 0.1) is 5.82 Å². The number of nitrogens with zero attached hydrogens (tertiary/aromatic N) is 1. The predicted molar refractivity (Wildman–Crippen MR) is 78.1 cm³/mol. The monoisotopic (exact) mass is 326 g/mol. The number of halogens is 2. The molecule has 2 rings (SSSR count). The molecule has 108 valence electrons. The Labute approximate surface area is 127 Å². The molecular weight excluding hydrogens is 319 g/mol. The largest absolute Gasteiger partial charge is 0.478 e. The second-order valence-electron chi connectivity index (χ2n) is 3.82. The number of carbonyl (C=O) groups is 2. The van der Waals surface area contributed by atoms with Gasteiger partial charge in [-0.3, -0.25) is 10.1 Å². The lowest BCUT2D eigenvalue weighted by Gasteiger charge is -2.03. The minimum Gasteiger partial charge on any atom is -0.478 e. The van der Waals surface area contributed by atoms with Crippen LogP contribution < -0.4 is 5.32 Å². The Kier molecular flexibility index (Phi) is 4.66. The molecule has 5 nitrogen and oxygen atoms in total. The second-order valence-corrected chi connectivity index (χ2v) is 5.29. The van der Waals surface area contributed by atoms with Crippen LogP contribution in [-0.2, 0) is 4.79 Å². The zero-order chi connectivity index (χ0) is 15.4. The number of aliphatic carboxylic acids is 1. The Morgan fingerprint density at radius 3 is 2.86 bits per heavy atom. The molecule has 0 unspecified atom stereocenters. The van der Waals surface area contributed by atoms with Gasteiger partial charge in [0.1, 0.15) is 5.82 Å². The molecule has 0 radical (unpaired) electrons. The number of benzene rings is 1. The molecule has 1 heterocycles. The van der Waals surface area contributed by atoms with E-state index in [1.165, 1.54) is 18.3 Å². The van der Waals surface area contributed by atoms with Gasteiger partial charge in [0.05, 0.1) is 10.6 Å². The van der Waals surface area contributed by atoms with Crippen LogP contribution in [0.4, 0.5) is 9.52 Å². The second kappa shape index (κ2) is 6.47. The minimum atomic E-state index is -1.08. The topological polar surface area (TPSA) is 79.3 Å². The fraction of sp³-hybridized carbons (Fsp3) is 0. The summed E-state index contributed by atoms with van der Waals surface area (Å²) >= 11 is 6.88. The van der Waals surface area contributed by atoms with Gasteiger partial charge in [0.25, 0.3) is 5.91 Å². The number of rotatable bonds is 4. The molecule has 0 aliphatic rings. The molecule has 2 N–H and O–H groups in total. The molecule has 0 saturated carbocycles. The van der Waals surface area contributed by atoms with Gasteiger partial charge in [-0.05, 0) is 24.3 Å². The molecule has 0 aliphatic heterocycles. The molecule has 1 amide bonds. The first kappa shape index (κ1) is 15.1. The van der Waals surface area contributed by atoms with Crippen LogP contribution in [0.2, 0.25) is 5.02 Å². The van der Waals surface area contributed by atoms with Crippen LogP contribution in [0.15, 0.2) is 30.5 Å². The van der Waals surface area contributed by atoms with E-state index in [4.69, 9.17) is 16.7 Å². The van der Waals surface area contributed by atoms with Crippen molar-refractivity contribution in [1.82, 2.24) is 4.98 Å². The van der Waals surface area contributed by atoms with Crippen molar-refractivity contribution in [3.05, 3.63) is 51.8 Å². The lowest BCUT2D eigenvalue weighted by molar-refractivity contribution is -0.131. The van der Waals surface area contributed by atoms with E-state index < -0.39 is 17.7 Å². The molecule has 0 saturated heterocycles. The fourth-order valence-electron chi connectivity index (χ4n) is 1.41. The van der Waals surface area contributed by atoms with Crippen molar-refractivity contribution >= 4 is 46.0 Å². The van der Waals surface area contributed by atoms with Gasteiger partial charge in [-0.1, -0.05) is 22.9 Å². The number of anilines is 1. The SMILES string of the molecule is O=C(O)C=Cc1cnc(NC(=O)c2ccc(F)cc2Cl)s1.